The predicted octanol–water partition coefficient (Wildman–Crippen LogP) is 0.503. The Labute approximate surface area is 104 Å². The summed E-state index contributed by atoms with van der Waals surface area (Å²) >= 11 is 0. The van der Waals surface area contributed by atoms with Gasteiger partial charge in [-0.05, 0) is 32.2 Å². The molecule has 2 unspecified atom stereocenters. The van der Waals surface area contributed by atoms with Gasteiger partial charge in [0.2, 0.25) is 0 Å². The molecule has 0 saturated carbocycles. The standard InChI is InChI=1S/C12H25N3O2/c1-3-5-11(12(16)14-13)15(2)8-10-6-4-7-17-9-10/h10-11H,3-9,13H2,1-2H3,(H,14,16). The molecule has 0 bridgehead atoms. The zero-order valence-corrected chi connectivity index (χ0v) is 10.9. The number of nitrogens with two attached hydrogens (primary N) is 1. The first-order valence-corrected chi connectivity index (χ1v) is 6.47. The van der Waals surface area contributed by atoms with Gasteiger partial charge in [0.15, 0.2) is 0 Å². The summed E-state index contributed by atoms with van der Waals surface area (Å²) in [4.78, 5) is 13.8. The summed E-state index contributed by atoms with van der Waals surface area (Å²) in [6.07, 6.45) is 4.13. The molecule has 1 aliphatic rings. The zero-order chi connectivity index (χ0) is 12.7. The fourth-order valence-electron chi connectivity index (χ4n) is 2.41. The number of carbonyl (C=O) groups excluding carboxylic acids is 1. The summed E-state index contributed by atoms with van der Waals surface area (Å²) in [7, 11) is 1.99. The molecule has 17 heavy (non-hydrogen) atoms. The van der Waals surface area contributed by atoms with E-state index in [9.17, 15) is 4.79 Å². The van der Waals surface area contributed by atoms with Gasteiger partial charge < -0.3 is 4.74 Å². The molecule has 1 rings (SSSR count). The van der Waals surface area contributed by atoms with Crippen molar-refractivity contribution in [3.8, 4) is 0 Å². The molecular weight excluding hydrogens is 218 g/mol. The number of hydrazine groups is 1. The highest BCUT2D eigenvalue weighted by molar-refractivity contribution is 5.81. The van der Waals surface area contributed by atoms with Crippen LogP contribution < -0.4 is 11.3 Å². The van der Waals surface area contributed by atoms with E-state index in [2.05, 4.69) is 17.2 Å². The maximum atomic E-state index is 11.7. The van der Waals surface area contributed by atoms with Gasteiger partial charge in [-0.2, -0.15) is 0 Å². The summed E-state index contributed by atoms with van der Waals surface area (Å²) < 4.78 is 5.46. The van der Waals surface area contributed by atoms with Crippen molar-refractivity contribution < 1.29 is 9.53 Å². The molecule has 1 fully saturated rings. The molecule has 1 amide bonds. The van der Waals surface area contributed by atoms with E-state index in [1.807, 2.05) is 7.05 Å². The molecule has 0 radical (unpaired) electrons. The quantitative estimate of drug-likeness (QED) is 0.405. The van der Waals surface area contributed by atoms with Gasteiger partial charge in [-0.1, -0.05) is 13.3 Å². The van der Waals surface area contributed by atoms with Crippen LogP contribution >= 0.6 is 0 Å². The lowest BCUT2D eigenvalue weighted by Crippen LogP contribution is -2.49. The predicted molar refractivity (Wildman–Crippen MR) is 67.2 cm³/mol. The Balaban J connectivity index is 2.45. The van der Waals surface area contributed by atoms with Crippen molar-refractivity contribution in [2.75, 3.05) is 26.8 Å². The molecule has 5 heteroatoms. The minimum absolute atomic E-state index is 0.0916. The number of hydrogen-bond donors (Lipinski definition) is 2. The Bertz CT molecular complexity index is 230. The molecular formula is C12H25N3O2. The summed E-state index contributed by atoms with van der Waals surface area (Å²) in [6, 6.07) is -0.119. The monoisotopic (exact) mass is 243 g/mol. The third kappa shape index (κ3) is 4.61. The number of nitrogens with zero attached hydrogens (tertiary/aromatic N) is 1. The maximum absolute atomic E-state index is 11.7. The van der Waals surface area contributed by atoms with E-state index in [4.69, 9.17) is 10.6 Å². The van der Waals surface area contributed by atoms with Crippen molar-refractivity contribution in [2.24, 2.45) is 11.8 Å². The van der Waals surface area contributed by atoms with Crippen LogP contribution in [-0.4, -0.2) is 43.7 Å². The van der Waals surface area contributed by atoms with E-state index in [0.717, 1.165) is 39.0 Å². The Kier molecular flexibility index (Phi) is 6.47. The topological polar surface area (TPSA) is 67.6 Å². The average molecular weight is 243 g/mol. The molecule has 3 N–H and O–H groups in total. The molecule has 2 atom stereocenters. The fraction of sp³-hybridized carbons (Fsp3) is 0.917. The largest absolute Gasteiger partial charge is 0.381 e. The maximum Gasteiger partial charge on any atom is 0.251 e. The normalized spacial score (nSPS) is 22.5. The van der Waals surface area contributed by atoms with Gasteiger partial charge in [0.1, 0.15) is 0 Å². The van der Waals surface area contributed by atoms with Crippen LogP contribution in [0.3, 0.4) is 0 Å². The minimum Gasteiger partial charge on any atom is -0.381 e. The van der Waals surface area contributed by atoms with E-state index >= 15 is 0 Å². The van der Waals surface area contributed by atoms with Crippen LogP contribution in [0.1, 0.15) is 32.6 Å². The van der Waals surface area contributed by atoms with E-state index in [0.29, 0.717) is 5.92 Å². The van der Waals surface area contributed by atoms with Crippen molar-refractivity contribution in [2.45, 2.75) is 38.6 Å². The number of ether oxygens (including phenoxy) is 1. The van der Waals surface area contributed by atoms with E-state index < -0.39 is 0 Å². The molecule has 0 aromatic heterocycles. The molecule has 0 aromatic rings. The third-order valence-electron chi connectivity index (χ3n) is 3.34. The lowest BCUT2D eigenvalue weighted by Gasteiger charge is -2.31. The first-order chi connectivity index (χ1) is 8.19. The first-order valence-electron chi connectivity index (χ1n) is 6.47. The molecule has 5 nitrogen and oxygen atoms in total. The first kappa shape index (κ1) is 14.4. The van der Waals surface area contributed by atoms with Gasteiger partial charge in [0.25, 0.3) is 5.91 Å². The fourth-order valence-corrected chi connectivity index (χ4v) is 2.41. The van der Waals surface area contributed by atoms with Crippen LogP contribution in [0, 0.1) is 5.92 Å². The highest BCUT2D eigenvalue weighted by Gasteiger charge is 2.24. The average Bonchev–Trinajstić information content (AvgIpc) is 2.36. The van der Waals surface area contributed by atoms with Gasteiger partial charge in [-0.3, -0.25) is 15.1 Å². The third-order valence-corrected chi connectivity index (χ3v) is 3.34. The van der Waals surface area contributed by atoms with Crippen LogP contribution in [0.25, 0.3) is 0 Å². The lowest BCUT2D eigenvalue weighted by atomic mass is 10.0. The smallest absolute Gasteiger partial charge is 0.251 e. The second-order valence-corrected chi connectivity index (χ2v) is 4.84. The van der Waals surface area contributed by atoms with Crippen LogP contribution in [0.5, 0.6) is 0 Å². The van der Waals surface area contributed by atoms with E-state index in [1.54, 1.807) is 0 Å². The Morgan fingerprint density at radius 3 is 2.94 bits per heavy atom. The van der Waals surface area contributed by atoms with Gasteiger partial charge in [0, 0.05) is 13.2 Å². The van der Waals surface area contributed by atoms with Crippen LogP contribution in [-0.2, 0) is 9.53 Å². The molecule has 1 heterocycles. The highest BCUT2D eigenvalue weighted by atomic mass is 16.5. The Morgan fingerprint density at radius 1 is 1.65 bits per heavy atom. The number of hydrogen-bond acceptors (Lipinski definition) is 4. The summed E-state index contributed by atoms with van der Waals surface area (Å²) in [5.74, 6) is 5.67. The molecule has 1 saturated heterocycles. The number of rotatable bonds is 6. The molecule has 1 aliphatic heterocycles. The number of amides is 1. The number of carbonyl (C=O) groups is 1. The second kappa shape index (κ2) is 7.63. The number of nitrogens with one attached hydrogen (secondary N) is 1. The van der Waals surface area contributed by atoms with Gasteiger partial charge in [0.05, 0.1) is 12.6 Å². The molecule has 0 aliphatic carbocycles. The summed E-state index contributed by atoms with van der Waals surface area (Å²) in [6.45, 7) is 4.67. The lowest BCUT2D eigenvalue weighted by molar-refractivity contribution is -0.126. The van der Waals surface area contributed by atoms with Crippen molar-refractivity contribution in [1.29, 1.82) is 0 Å². The van der Waals surface area contributed by atoms with Gasteiger partial charge >= 0.3 is 0 Å². The SMILES string of the molecule is CCCC(C(=O)NN)N(C)CC1CCCOC1. The zero-order valence-electron chi connectivity index (χ0n) is 10.9. The van der Waals surface area contributed by atoms with E-state index in [1.165, 1.54) is 6.42 Å². The van der Waals surface area contributed by atoms with Crippen LogP contribution in [0.4, 0.5) is 0 Å². The van der Waals surface area contributed by atoms with Gasteiger partial charge in [-0.25, -0.2) is 5.84 Å². The van der Waals surface area contributed by atoms with E-state index in [-0.39, 0.29) is 11.9 Å². The molecule has 100 valence electrons. The summed E-state index contributed by atoms with van der Waals surface area (Å²) in [5, 5.41) is 0. The van der Waals surface area contributed by atoms with Crippen LogP contribution in [0.15, 0.2) is 0 Å². The van der Waals surface area contributed by atoms with Crippen molar-refractivity contribution in [3.63, 3.8) is 0 Å². The Morgan fingerprint density at radius 2 is 2.41 bits per heavy atom. The van der Waals surface area contributed by atoms with Gasteiger partial charge in [-0.15, -0.1) is 0 Å². The van der Waals surface area contributed by atoms with Crippen LogP contribution in [0.2, 0.25) is 0 Å². The van der Waals surface area contributed by atoms with Crippen molar-refractivity contribution in [3.05, 3.63) is 0 Å². The minimum atomic E-state index is -0.119. The van der Waals surface area contributed by atoms with Crippen molar-refractivity contribution >= 4 is 5.91 Å². The second-order valence-electron chi connectivity index (χ2n) is 4.84. The molecule has 0 spiro atoms. The van der Waals surface area contributed by atoms with Crippen molar-refractivity contribution in [1.82, 2.24) is 10.3 Å². The summed E-state index contributed by atoms with van der Waals surface area (Å²) in [5.41, 5.74) is 2.26. The highest BCUT2D eigenvalue weighted by Crippen LogP contribution is 2.16. The Hall–Kier alpha value is -0.650. The molecule has 0 aromatic carbocycles. The number of likely N-dealkylation sites (N-methyl/N-ethyl adjacent to an activating group) is 1.